The average Bonchev–Trinajstić information content (AvgIpc) is 3.11. The Balaban J connectivity index is 1.54. The minimum Gasteiger partial charge on any atom is -0.375 e. The van der Waals surface area contributed by atoms with Crippen LogP contribution >= 0.6 is 0 Å². The van der Waals surface area contributed by atoms with Gasteiger partial charge in [0, 0.05) is 31.4 Å². The summed E-state index contributed by atoms with van der Waals surface area (Å²) in [6.07, 6.45) is 1.83. The molecule has 0 N–H and O–H groups in total. The molecule has 4 heteroatoms. The summed E-state index contributed by atoms with van der Waals surface area (Å²) >= 11 is 0. The molecule has 0 fully saturated rings. The highest BCUT2D eigenvalue weighted by molar-refractivity contribution is 5.63. The topological polar surface area (TPSA) is 30.3 Å². The molecule has 0 saturated carbocycles. The molecule has 1 unspecified atom stereocenters. The van der Waals surface area contributed by atoms with Gasteiger partial charge < -0.3 is 4.74 Å². The van der Waals surface area contributed by atoms with Crippen LogP contribution in [0.3, 0.4) is 0 Å². The minimum atomic E-state index is 0.376. The van der Waals surface area contributed by atoms with Gasteiger partial charge in [0.25, 0.3) is 0 Å². The lowest BCUT2D eigenvalue weighted by atomic mass is 10.1. The number of aromatic nitrogens is 2. The number of rotatable bonds is 8. The molecule has 1 heterocycles. The van der Waals surface area contributed by atoms with E-state index in [2.05, 4.69) is 78.6 Å². The predicted molar refractivity (Wildman–Crippen MR) is 106 cm³/mol. The standard InChI is InChI=1S/C22H27N3O/c1-18(19-9-5-4-6-10-19)24(2)15-16-26-17-20-11-7-8-12-21(20)22-13-14-23-25(22)3/h4-14,18H,15-17H2,1-3H3. The van der Waals surface area contributed by atoms with Gasteiger partial charge in [-0.1, -0.05) is 54.6 Å². The summed E-state index contributed by atoms with van der Waals surface area (Å²) in [4.78, 5) is 2.32. The molecule has 0 spiro atoms. The van der Waals surface area contributed by atoms with E-state index in [9.17, 15) is 0 Å². The maximum atomic E-state index is 5.98. The number of hydrogen-bond acceptors (Lipinski definition) is 3. The normalized spacial score (nSPS) is 12.5. The lowest BCUT2D eigenvalue weighted by molar-refractivity contribution is 0.0902. The van der Waals surface area contributed by atoms with Crippen LogP contribution < -0.4 is 0 Å². The summed E-state index contributed by atoms with van der Waals surface area (Å²) < 4.78 is 7.88. The van der Waals surface area contributed by atoms with Crippen molar-refractivity contribution in [3.05, 3.63) is 78.0 Å². The molecule has 3 aromatic rings. The lowest BCUT2D eigenvalue weighted by Crippen LogP contribution is -2.26. The Labute approximate surface area is 156 Å². The molecule has 3 rings (SSSR count). The molecule has 0 radical (unpaired) electrons. The van der Waals surface area contributed by atoms with Crippen LogP contribution in [0.2, 0.25) is 0 Å². The Bertz CT molecular complexity index is 813. The summed E-state index contributed by atoms with van der Waals surface area (Å²) in [6, 6.07) is 21.4. The first-order chi connectivity index (χ1) is 12.7. The summed E-state index contributed by atoms with van der Waals surface area (Å²) in [5, 5.41) is 4.27. The molecule has 0 bridgehead atoms. The van der Waals surface area contributed by atoms with Gasteiger partial charge in [0.05, 0.1) is 18.9 Å². The zero-order valence-corrected chi connectivity index (χ0v) is 15.8. The Kier molecular flexibility index (Phi) is 6.21. The van der Waals surface area contributed by atoms with Gasteiger partial charge >= 0.3 is 0 Å². The van der Waals surface area contributed by atoms with Gasteiger partial charge in [-0.3, -0.25) is 9.58 Å². The molecule has 4 nitrogen and oxygen atoms in total. The maximum absolute atomic E-state index is 5.98. The highest BCUT2D eigenvalue weighted by atomic mass is 16.5. The van der Waals surface area contributed by atoms with E-state index in [1.165, 1.54) is 16.7 Å². The number of nitrogens with zero attached hydrogens (tertiary/aromatic N) is 3. The van der Waals surface area contributed by atoms with Gasteiger partial charge in [-0.25, -0.2) is 0 Å². The number of hydrogen-bond donors (Lipinski definition) is 0. The molecule has 0 amide bonds. The zero-order chi connectivity index (χ0) is 18.4. The first kappa shape index (κ1) is 18.4. The predicted octanol–water partition coefficient (Wildman–Crippen LogP) is 4.30. The van der Waals surface area contributed by atoms with Gasteiger partial charge in [0.2, 0.25) is 0 Å². The van der Waals surface area contributed by atoms with Crippen LogP contribution in [0.25, 0.3) is 11.3 Å². The first-order valence-electron chi connectivity index (χ1n) is 9.06. The summed E-state index contributed by atoms with van der Waals surface area (Å²) in [5.41, 5.74) is 4.81. The Hall–Kier alpha value is -2.43. The fraction of sp³-hybridized carbons (Fsp3) is 0.318. The van der Waals surface area contributed by atoms with Crippen LogP contribution in [0.5, 0.6) is 0 Å². The quantitative estimate of drug-likeness (QED) is 0.568. The van der Waals surface area contributed by atoms with Gasteiger partial charge in [0.15, 0.2) is 0 Å². The number of aryl methyl sites for hydroxylation is 1. The van der Waals surface area contributed by atoms with E-state index in [0.717, 1.165) is 12.2 Å². The third kappa shape index (κ3) is 4.40. The highest BCUT2D eigenvalue weighted by Crippen LogP contribution is 2.23. The van der Waals surface area contributed by atoms with E-state index in [0.29, 0.717) is 19.3 Å². The van der Waals surface area contributed by atoms with Crippen LogP contribution in [-0.4, -0.2) is 34.9 Å². The van der Waals surface area contributed by atoms with E-state index in [4.69, 9.17) is 4.74 Å². The molecular weight excluding hydrogens is 322 g/mol. The Morgan fingerprint density at radius 2 is 1.77 bits per heavy atom. The molecule has 1 atom stereocenters. The van der Waals surface area contributed by atoms with Crippen molar-refractivity contribution in [1.82, 2.24) is 14.7 Å². The van der Waals surface area contributed by atoms with Crippen molar-refractivity contribution in [3.8, 4) is 11.3 Å². The second-order valence-corrected chi connectivity index (χ2v) is 6.62. The minimum absolute atomic E-state index is 0.376. The van der Waals surface area contributed by atoms with Crippen LogP contribution in [0.15, 0.2) is 66.9 Å². The third-order valence-electron chi connectivity index (χ3n) is 4.90. The number of benzene rings is 2. The van der Waals surface area contributed by atoms with Crippen molar-refractivity contribution in [2.45, 2.75) is 19.6 Å². The van der Waals surface area contributed by atoms with E-state index >= 15 is 0 Å². The SMILES string of the molecule is CC(c1ccccc1)N(C)CCOCc1ccccc1-c1ccnn1C. The Morgan fingerprint density at radius 1 is 1.04 bits per heavy atom. The molecule has 0 aliphatic carbocycles. The van der Waals surface area contributed by atoms with Crippen LogP contribution in [0, 0.1) is 0 Å². The molecule has 136 valence electrons. The van der Waals surface area contributed by atoms with Crippen molar-refractivity contribution < 1.29 is 4.74 Å². The lowest BCUT2D eigenvalue weighted by Gasteiger charge is -2.25. The highest BCUT2D eigenvalue weighted by Gasteiger charge is 2.11. The monoisotopic (exact) mass is 349 g/mol. The third-order valence-corrected chi connectivity index (χ3v) is 4.90. The van der Waals surface area contributed by atoms with Gasteiger partial charge in [-0.15, -0.1) is 0 Å². The first-order valence-corrected chi connectivity index (χ1v) is 9.06. The molecule has 0 aliphatic rings. The summed E-state index contributed by atoms with van der Waals surface area (Å²) in [7, 11) is 4.11. The Morgan fingerprint density at radius 3 is 2.50 bits per heavy atom. The number of ether oxygens (including phenoxy) is 1. The van der Waals surface area contributed by atoms with E-state index < -0.39 is 0 Å². The second kappa shape index (κ2) is 8.79. The average molecular weight is 349 g/mol. The van der Waals surface area contributed by atoms with Crippen molar-refractivity contribution in [2.75, 3.05) is 20.2 Å². The fourth-order valence-corrected chi connectivity index (χ4v) is 3.10. The van der Waals surface area contributed by atoms with E-state index in [1.54, 1.807) is 0 Å². The van der Waals surface area contributed by atoms with Crippen LogP contribution in [0.4, 0.5) is 0 Å². The van der Waals surface area contributed by atoms with E-state index in [1.807, 2.05) is 24.0 Å². The summed E-state index contributed by atoms with van der Waals surface area (Å²) in [6.45, 7) is 4.43. The van der Waals surface area contributed by atoms with Gasteiger partial charge in [0.1, 0.15) is 0 Å². The van der Waals surface area contributed by atoms with Crippen LogP contribution in [-0.2, 0) is 18.4 Å². The fourth-order valence-electron chi connectivity index (χ4n) is 3.10. The smallest absolute Gasteiger partial charge is 0.0724 e. The largest absolute Gasteiger partial charge is 0.375 e. The number of likely N-dealkylation sites (N-methyl/N-ethyl adjacent to an activating group) is 1. The van der Waals surface area contributed by atoms with E-state index in [-0.39, 0.29) is 0 Å². The van der Waals surface area contributed by atoms with Crippen molar-refractivity contribution in [3.63, 3.8) is 0 Å². The molecule has 0 saturated heterocycles. The second-order valence-electron chi connectivity index (χ2n) is 6.62. The molecule has 1 aromatic heterocycles. The van der Waals surface area contributed by atoms with Crippen molar-refractivity contribution in [1.29, 1.82) is 0 Å². The molecular formula is C22H27N3O. The van der Waals surface area contributed by atoms with Crippen molar-refractivity contribution in [2.24, 2.45) is 7.05 Å². The zero-order valence-electron chi connectivity index (χ0n) is 15.8. The van der Waals surface area contributed by atoms with Crippen LogP contribution in [0.1, 0.15) is 24.1 Å². The molecule has 0 aliphatic heterocycles. The van der Waals surface area contributed by atoms with Gasteiger partial charge in [-0.2, -0.15) is 5.10 Å². The maximum Gasteiger partial charge on any atom is 0.0724 e. The molecule has 2 aromatic carbocycles. The summed E-state index contributed by atoms with van der Waals surface area (Å²) in [5.74, 6) is 0. The van der Waals surface area contributed by atoms with Gasteiger partial charge in [-0.05, 0) is 31.2 Å². The molecule has 26 heavy (non-hydrogen) atoms. The van der Waals surface area contributed by atoms with Crippen molar-refractivity contribution >= 4 is 0 Å².